The summed E-state index contributed by atoms with van der Waals surface area (Å²) in [6.45, 7) is 3.12. The van der Waals surface area contributed by atoms with Gasteiger partial charge in [-0.05, 0) is 35.9 Å². The molecule has 8 heteroatoms. The number of nitrogens with two attached hydrogens (primary N) is 2. The van der Waals surface area contributed by atoms with Crippen molar-refractivity contribution in [1.82, 2.24) is 4.98 Å². The van der Waals surface area contributed by atoms with Gasteiger partial charge in [0.2, 0.25) is 0 Å². The molecule has 2 aromatic carbocycles. The van der Waals surface area contributed by atoms with E-state index >= 15 is 0 Å². The van der Waals surface area contributed by atoms with E-state index in [1.165, 1.54) is 6.07 Å². The Kier molecular flexibility index (Phi) is 4.85. The zero-order valence-corrected chi connectivity index (χ0v) is 16.7. The average Bonchev–Trinajstić information content (AvgIpc) is 3.07. The molecule has 160 valence electrons. The highest BCUT2D eigenvalue weighted by Gasteiger charge is 2.47. The Morgan fingerprint density at radius 2 is 1.74 bits per heavy atom. The molecule has 0 radical (unpaired) electrons. The molecule has 0 bridgehead atoms. The van der Waals surface area contributed by atoms with Crippen LogP contribution < -0.4 is 21.1 Å². The predicted octanol–water partition coefficient (Wildman–Crippen LogP) is 2.74. The number of nitrogens with zero attached hydrogens (tertiary/aromatic N) is 2. The molecule has 3 aromatic rings. The first kappa shape index (κ1) is 19.9. The maximum absolute atomic E-state index is 13.9. The quantitative estimate of drug-likeness (QED) is 0.673. The van der Waals surface area contributed by atoms with Gasteiger partial charge in [0.05, 0.1) is 13.2 Å². The van der Waals surface area contributed by atoms with E-state index in [2.05, 4.69) is 9.88 Å². The van der Waals surface area contributed by atoms with E-state index in [1.54, 1.807) is 12.3 Å². The van der Waals surface area contributed by atoms with E-state index in [-0.39, 0.29) is 0 Å². The van der Waals surface area contributed by atoms with Crippen molar-refractivity contribution in [3.63, 3.8) is 0 Å². The van der Waals surface area contributed by atoms with E-state index < -0.39 is 23.4 Å². The van der Waals surface area contributed by atoms with Crippen LogP contribution in [0.4, 0.5) is 14.5 Å². The molecule has 6 nitrogen and oxygen atoms in total. The number of aromatic nitrogens is 1. The summed E-state index contributed by atoms with van der Waals surface area (Å²) in [5.41, 5.74) is 15.0. The second-order valence-corrected chi connectivity index (χ2v) is 7.72. The van der Waals surface area contributed by atoms with Gasteiger partial charge in [0.1, 0.15) is 11.2 Å². The molecule has 5 rings (SSSR count). The molecule has 1 aromatic heterocycles. The number of rotatable bonds is 3. The van der Waals surface area contributed by atoms with Crippen LogP contribution in [0.25, 0.3) is 11.3 Å². The van der Waals surface area contributed by atoms with Crippen LogP contribution in [-0.4, -0.2) is 37.5 Å². The Hall–Kier alpha value is -3.07. The number of hydrogen-bond donors (Lipinski definition) is 2. The summed E-state index contributed by atoms with van der Waals surface area (Å²) in [7, 11) is 0. The maximum atomic E-state index is 13.9. The summed E-state index contributed by atoms with van der Waals surface area (Å²) in [5, 5.41) is 0. The van der Waals surface area contributed by atoms with Gasteiger partial charge in [-0.15, -0.1) is 0 Å². The van der Waals surface area contributed by atoms with Crippen molar-refractivity contribution in [2.24, 2.45) is 11.5 Å². The molecule has 31 heavy (non-hydrogen) atoms. The number of halogens is 2. The van der Waals surface area contributed by atoms with Crippen LogP contribution in [-0.2, 0) is 10.3 Å². The van der Waals surface area contributed by atoms with Gasteiger partial charge in [-0.25, -0.2) is 8.78 Å². The molecule has 2 unspecified atom stereocenters. The fourth-order valence-electron chi connectivity index (χ4n) is 4.20. The number of hydrogen-bond acceptors (Lipinski definition) is 6. The highest BCUT2D eigenvalue weighted by atomic mass is 19.2. The van der Waals surface area contributed by atoms with Gasteiger partial charge in [0.15, 0.2) is 23.6 Å². The largest absolute Gasteiger partial charge is 0.470 e. The van der Waals surface area contributed by atoms with E-state index in [4.69, 9.17) is 20.9 Å². The van der Waals surface area contributed by atoms with Crippen molar-refractivity contribution in [3.8, 4) is 17.0 Å². The van der Waals surface area contributed by atoms with Crippen LogP contribution in [0.2, 0.25) is 0 Å². The fraction of sp³-hybridized carbons (Fsp3) is 0.261. The average molecular weight is 424 g/mol. The third-order valence-corrected chi connectivity index (χ3v) is 5.96. The Morgan fingerprint density at radius 3 is 2.45 bits per heavy atom. The van der Waals surface area contributed by atoms with Crippen LogP contribution in [0.15, 0.2) is 54.7 Å². The van der Waals surface area contributed by atoms with Crippen molar-refractivity contribution < 1.29 is 18.3 Å². The van der Waals surface area contributed by atoms with Gasteiger partial charge < -0.3 is 20.1 Å². The van der Waals surface area contributed by atoms with Crippen molar-refractivity contribution in [1.29, 1.82) is 0 Å². The minimum Gasteiger partial charge on any atom is -0.470 e. The van der Waals surface area contributed by atoms with Gasteiger partial charge in [-0.3, -0.25) is 10.7 Å². The zero-order chi connectivity index (χ0) is 21.6. The molecule has 0 aliphatic carbocycles. The lowest BCUT2D eigenvalue weighted by Crippen LogP contribution is -2.52. The number of ether oxygens (including phenoxy) is 2. The summed E-state index contributed by atoms with van der Waals surface area (Å²) in [4.78, 5) is 6.74. The third kappa shape index (κ3) is 3.23. The molecule has 2 aliphatic heterocycles. The minimum atomic E-state index is -1.34. The van der Waals surface area contributed by atoms with E-state index in [1.807, 2.05) is 24.3 Å². The van der Waals surface area contributed by atoms with Gasteiger partial charge >= 0.3 is 0 Å². The van der Waals surface area contributed by atoms with Crippen LogP contribution in [0.3, 0.4) is 0 Å². The molecule has 2 atom stereocenters. The summed E-state index contributed by atoms with van der Waals surface area (Å²) < 4.78 is 38.7. The van der Waals surface area contributed by atoms with Crippen LogP contribution in [0.5, 0.6) is 5.75 Å². The normalized spacial score (nSPS) is 22.8. The van der Waals surface area contributed by atoms with Crippen molar-refractivity contribution in [3.05, 3.63) is 77.5 Å². The zero-order valence-electron chi connectivity index (χ0n) is 16.7. The molecular weight excluding hydrogens is 402 g/mol. The summed E-state index contributed by atoms with van der Waals surface area (Å²) in [6.07, 6.45) is 0.635. The molecule has 0 amide bonds. The Morgan fingerprint density at radius 1 is 1.00 bits per heavy atom. The second kappa shape index (κ2) is 7.56. The van der Waals surface area contributed by atoms with Gasteiger partial charge in [-0.2, -0.15) is 0 Å². The SMILES string of the molecule is NC1Oc2c(ccnc2-c2ccc(N3CCOCC3)cc2)C1(N)c1ccc(F)c(F)c1. The number of morpholine rings is 1. The maximum Gasteiger partial charge on any atom is 0.174 e. The molecule has 0 spiro atoms. The summed E-state index contributed by atoms with van der Waals surface area (Å²) in [5.74, 6) is -1.49. The second-order valence-electron chi connectivity index (χ2n) is 7.72. The molecule has 1 saturated heterocycles. The molecule has 4 N–H and O–H groups in total. The smallest absolute Gasteiger partial charge is 0.174 e. The first-order chi connectivity index (χ1) is 15.0. The van der Waals surface area contributed by atoms with E-state index in [0.29, 0.717) is 35.8 Å². The van der Waals surface area contributed by atoms with Gasteiger partial charge in [-0.1, -0.05) is 18.2 Å². The third-order valence-electron chi connectivity index (χ3n) is 5.96. The lowest BCUT2D eigenvalue weighted by molar-refractivity contribution is 0.122. The first-order valence-corrected chi connectivity index (χ1v) is 10.1. The number of benzene rings is 2. The number of fused-ring (bicyclic) bond motifs is 1. The molecule has 3 heterocycles. The molecule has 2 aliphatic rings. The Bertz CT molecular complexity index is 1120. The topological polar surface area (TPSA) is 86.6 Å². The minimum absolute atomic E-state index is 0.331. The summed E-state index contributed by atoms with van der Waals surface area (Å²) in [6, 6.07) is 13.2. The van der Waals surface area contributed by atoms with E-state index in [9.17, 15) is 8.78 Å². The van der Waals surface area contributed by atoms with Crippen LogP contribution in [0.1, 0.15) is 11.1 Å². The van der Waals surface area contributed by atoms with Gasteiger partial charge in [0.25, 0.3) is 0 Å². The fourth-order valence-corrected chi connectivity index (χ4v) is 4.20. The highest BCUT2D eigenvalue weighted by Crippen LogP contribution is 2.46. The highest BCUT2D eigenvalue weighted by molar-refractivity contribution is 5.72. The number of pyridine rings is 1. The van der Waals surface area contributed by atoms with Gasteiger partial charge in [0, 0.05) is 36.1 Å². The van der Waals surface area contributed by atoms with Crippen molar-refractivity contribution in [2.45, 2.75) is 11.8 Å². The van der Waals surface area contributed by atoms with Crippen molar-refractivity contribution in [2.75, 3.05) is 31.2 Å². The lowest BCUT2D eigenvalue weighted by Gasteiger charge is -2.29. The molecule has 0 saturated carbocycles. The van der Waals surface area contributed by atoms with Crippen molar-refractivity contribution >= 4 is 5.69 Å². The predicted molar refractivity (Wildman–Crippen MR) is 113 cm³/mol. The first-order valence-electron chi connectivity index (χ1n) is 10.1. The lowest BCUT2D eigenvalue weighted by atomic mass is 9.83. The Balaban J connectivity index is 1.53. The standard InChI is InChI=1S/C23H22F2N4O2/c24-18-6-3-15(13-19(18)25)23(27)17-7-8-28-20(21(17)31-22(23)26)14-1-4-16(5-2-14)29-9-11-30-12-10-29/h1-8,13,22H,9-12,26-27H2. The Labute approximate surface area is 178 Å². The van der Waals surface area contributed by atoms with Crippen LogP contribution in [0, 0.1) is 11.6 Å². The van der Waals surface area contributed by atoms with E-state index in [0.717, 1.165) is 36.5 Å². The molecular formula is C23H22F2N4O2. The monoisotopic (exact) mass is 424 g/mol. The summed E-state index contributed by atoms with van der Waals surface area (Å²) >= 11 is 0. The molecule has 1 fully saturated rings. The number of anilines is 1. The van der Waals surface area contributed by atoms with Crippen LogP contribution >= 0.6 is 0 Å².